The molecule has 0 aliphatic carbocycles. The molecule has 0 aromatic heterocycles. The summed E-state index contributed by atoms with van der Waals surface area (Å²) in [5.74, 6) is 0.904. The first-order chi connectivity index (χ1) is 13.7. The fraction of sp³-hybridized carbons (Fsp3) is 0.682. The van der Waals surface area contributed by atoms with E-state index in [1.165, 1.54) is 31.5 Å². The Morgan fingerprint density at radius 1 is 0.931 bits per heavy atom. The normalized spacial score (nSPS) is 21.4. The van der Waals surface area contributed by atoms with E-state index in [1.54, 1.807) is 0 Å². The first kappa shape index (κ1) is 24.4. The Hall–Kier alpha value is -0.900. The van der Waals surface area contributed by atoms with Crippen LogP contribution in [0.2, 0.25) is 0 Å². The number of hydrogen-bond acceptors (Lipinski definition) is 4. The van der Waals surface area contributed by atoms with Crippen LogP contribution in [-0.4, -0.2) is 93.2 Å². The SMILES string of the molecule is CN=C(NCC(C)N1CCN(C)CC1)NCC(c1ccccc1)N1CCCC1.I. The first-order valence-electron chi connectivity index (χ1n) is 10.8. The molecule has 2 atom stereocenters. The van der Waals surface area contributed by atoms with E-state index in [0.29, 0.717) is 12.1 Å². The number of nitrogens with zero attached hydrogens (tertiary/aromatic N) is 4. The van der Waals surface area contributed by atoms with E-state index >= 15 is 0 Å². The Balaban J connectivity index is 0.00000300. The molecule has 2 saturated heterocycles. The number of hydrogen-bond donors (Lipinski definition) is 2. The van der Waals surface area contributed by atoms with Crippen LogP contribution in [-0.2, 0) is 0 Å². The van der Waals surface area contributed by atoms with Crippen LogP contribution in [0.4, 0.5) is 0 Å². The van der Waals surface area contributed by atoms with Crippen molar-refractivity contribution in [2.24, 2.45) is 4.99 Å². The molecule has 2 aliphatic rings. The molecule has 164 valence electrons. The second-order valence-electron chi connectivity index (χ2n) is 8.19. The van der Waals surface area contributed by atoms with Crippen LogP contribution in [0.5, 0.6) is 0 Å². The lowest BCUT2D eigenvalue weighted by atomic mass is 10.1. The fourth-order valence-corrected chi connectivity index (χ4v) is 4.24. The zero-order valence-corrected chi connectivity index (χ0v) is 20.6. The summed E-state index contributed by atoms with van der Waals surface area (Å²) in [6, 6.07) is 11.8. The van der Waals surface area contributed by atoms with Gasteiger partial charge >= 0.3 is 0 Å². The van der Waals surface area contributed by atoms with Crippen molar-refractivity contribution < 1.29 is 0 Å². The lowest BCUT2D eigenvalue weighted by Crippen LogP contribution is -2.52. The Kier molecular flexibility index (Phi) is 10.7. The van der Waals surface area contributed by atoms with Gasteiger partial charge in [0.1, 0.15) is 0 Å². The summed E-state index contributed by atoms with van der Waals surface area (Å²) in [7, 11) is 4.07. The highest BCUT2D eigenvalue weighted by atomic mass is 127. The molecule has 2 unspecified atom stereocenters. The number of likely N-dealkylation sites (N-methyl/N-ethyl adjacent to an activating group) is 1. The van der Waals surface area contributed by atoms with Gasteiger partial charge in [0.2, 0.25) is 0 Å². The van der Waals surface area contributed by atoms with Crippen LogP contribution in [0, 0.1) is 0 Å². The number of halogens is 1. The predicted octanol–water partition coefficient (Wildman–Crippen LogP) is 2.24. The van der Waals surface area contributed by atoms with Gasteiger partial charge in [-0.05, 0) is 45.5 Å². The third-order valence-corrected chi connectivity index (χ3v) is 6.18. The fourth-order valence-electron chi connectivity index (χ4n) is 4.24. The molecule has 29 heavy (non-hydrogen) atoms. The van der Waals surface area contributed by atoms with E-state index in [-0.39, 0.29) is 24.0 Å². The molecule has 0 radical (unpaired) electrons. The molecule has 2 heterocycles. The van der Waals surface area contributed by atoms with Gasteiger partial charge < -0.3 is 15.5 Å². The van der Waals surface area contributed by atoms with Crippen molar-refractivity contribution in [2.75, 3.05) is 66.5 Å². The molecular weight excluding hydrogens is 475 g/mol. The van der Waals surface area contributed by atoms with Gasteiger partial charge in [-0.15, -0.1) is 24.0 Å². The van der Waals surface area contributed by atoms with Gasteiger partial charge in [0.25, 0.3) is 0 Å². The standard InChI is InChI=1S/C22H38N6.HI/c1-19(27-15-13-26(3)14-16-27)17-24-22(23-2)25-18-21(28-11-7-8-12-28)20-9-5-4-6-10-20;/h4-6,9-10,19,21H,7-8,11-18H2,1-3H3,(H2,23,24,25);1H. The van der Waals surface area contributed by atoms with Gasteiger partial charge in [-0.1, -0.05) is 30.3 Å². The van der Waals surface area contributed by atoms with Gasteiger partial charge in [0, 0.05) is 52.4 Å². The van der Waals surface area contributed by atoms with Crippen LogP contribution in [0.15, 0.2) is 35.3 Å². The summed E-state index contributed by atoms with van der Waals surface area (Å²) in [5, 5.41) is 7.12. The van der Waals surface area contributed by atoms with Crippen molar-refractivity contribution in [1.82, 2.24) is 25.3 Å². The summed E-state index contributed by atoms with van der Waals surface area (Å²) in [4.78, 5) is 12.0. The average Bonchev–Trinajstić information content (AvgIpc) is 3.26. The van der Waals surface area contributed by atoms with Gasteiger partial charge in [-0.25, -0.2) is 0 Å². The second-order valence-corrected chi connectivity index (χ2v) is 8.19. The van der Waals surface area contributed by atoms with E-state index in [2.05, 4.69) is 74.6 Å². The number of nitrogens with one attached hydrogen (secondary N) is 2. The Morgan fingerprint density at radius 2 is 1.55 bits per heavy atom. The van der Waals surface area contributed by atoms with Crippen molar-refractivity contribution in [1.29, 1.82) is 0 Å². The summed E-state index contributed by atoms with van der Waals surface area (Å²) in [6.45, 7) is 11.1. The minimum Gasteiger partial charge on any atom is -0.355 e. The Morgan fingerprint density at radius 3 is 2.17 bits per heavy atom. The third kappa shape index (κ3) is 7.38. The molecule has 0 saturated carbocycles. The van der Waals surface area contributed by atoms with Gasteiger partial charge in [0.15, 0.2) is 5.96 Å². The lowest BCUT2D eigenvalue weighted by Gasteiger charge is -2.36. The Bertz CT molecular complexity index is 597. The molecule has 1 aromatic rings. The molecule has 7 heteroatoms. The van der Waals surface area contributed by atoms with Crippen molar-refractivity contribution in [2.45, 2.75) is 31.8 Å². The van der Waals surface area contributed by atoms with E-state index in [9.17, 15) is 0 Å². The van der Waals surface area contributed by atoms with Crippen LogP contribution >= 0.6 is 24.0 Å². The van der Waals surface area contributed by atoms with Gasteiger partial charge in [-0.2, -0.15) is 0 Å². The van der Waals surface area contributed by atoms with Crippen LogP contribution in [0.1, 0.15) is 31.4 Å². The van der Waals surface area contributed by atoms with Crippen molar-refractivity contribution in [3.8, 4) is 0 Å². The first-order valence-corrected chi connectivity index (χ1v) is 10.8. The molecule has 0 bridgehead atoms. The van der Waals surface area contributed by atoms with E-state index in [4.69, 9.17) is 0 Å². The molecule has 2 N–H and O–H groups in total. The topological polar surface area (TPSA) is 46.1 Å². The zero-order valence-electron chi connectivity index (χ0n) is 18.3. The number of likely N-dealkylation sites (tertiary alicyclic amines) is 1. The van der Waals surface area contributed by atoms with E-state index in [0.717, 1.165) is 45.2 Å². The number of aliphatic imine (C=N–C) groups is 1. The molecular formula is C22H39IN6. The quantitative estimate of drug-likeness (QED) is 0.332. The van der Waals surface area contributed by atoms with E-state index in [1.807, 2.05) is 7.05 Å². The largest absolute Gasteiger partial charge is 0.355 e. The van der Waals surface area contributed by atoms with Crippen LogP contribution in [0.25, 0.3) is 0 Å². The summed E-state index contributed by atoms with van der Waals surface area (Å²) < 4.78 is 0. The molecule has 6 nitrogen and oxygen atoms in total. The maximum atomic E-state index is 4.46. The summed E-state index contributed by atoms with van der Waals surface area (Å²) in [6.07, 6.45) is 2.61. The van der Waals surface area contributed by atoms with Crippen molar-refractivity contribution >= 4 is 29.9 Å². The Labute approximate surface area is 194 Å². The van der Waals surface area contributed by atoms with Gasteiger partial charge in [-0.3, -0.25) is 14.8 Å². The zero-order chi connectivity index (χ0) is 19.8. The highest BCUT2D eigenvalue weighted by molar-refractivity contribution is 14.0. The molecule has 0 amide bonds. The maximum absolute atomic E-state index is 4.46. The smallest absolute Gasteiger partial charge is 0.191 e. The van der Waals surface area contributed by atoms with Gasteiger partial charge in [0.05, 0.1) is 6.04 Å². The highest BCUT2D eigenvalue weighted by Gasteiger charge is 2.24. The van der Waals surface area contributed by atoms with Crippen molar-refractivity contribution in [3.05, 3.63) is 35.9 Å². The maximum Gasteiger partial charge on any atom is 0.191 e. The molecule has 0 spiro atoms. The molecule has 1 aromatic carbocycles. The lowest BCUT2D eigenvalue weighted by molar-refractivity contribution is 0.120. The monoisotopic (exact) mass is 514 g/mol. The number of rotatable bonds is 7. The van der Waals surface area contributed by atoms with E-state index < -0.39 is 0 Å². The molecule has 2 fully saturated rings. The minimum atomic E-state index is 0. The highest BCUT2D eigenvalue weighted by Crippen LogP contribution is 2.24. The number of benzene rings is 1. The molecule has 3 rings (SSSR count). The molecule has 2 aliphatic heterocycles. The van der Waals surface area contributed by atoms with Crippen LogP contribution < -0.4 is 10.6 Å². The number of piperazine rings is 1. The third-order valence-electron chi connectivity index (χ3n) is 6.18. The van der Waals surface area contributed by atoms with Crippen molar-refractivity contribution in [3.63, 3.8) is 0 Å². The minimum absolute atomic E-state index is 0. The van der Waals surface area contributed by atoms with Crippen LogP contribution in [0.3, 0.4) is 0 Å². The summed E-state index contributed by atoms with van der Waals surface area (Å²) >= 11 is 0. The predicted molar refractivity (Wildman–Crippen MR) is 133 cm³/mol. The average molecular weight is 515 g/mol. The number of guanidine groups is 1. The second kappa shape index (κ2) is 12.7. The summed E-state index contributed by atoms with van der Waals surface area (Å²) in [5.41, 5.74) is 1.39.